The molecule has 2 aromatic carbocycles. The predicted octanol–water partition coefficient (Wildman–Crippen LogP) is 4.18. The molecule has 0 saturated heterocycles. The van der Waals surface area contributed by atoms with E-state index in [0.717, 1.165) is 22.6 Å². The fourth-order valence-corrected chi connectivity index (χ4v) is 4.21. The van der Waals surface area contributed by atoms with E-state index in [1.54, 1.807) is 14.0 Å². The van der Waals surface area contributed by atoms with Crippen LogP contribution in [-0.2, 0) is 6.54 Å². The highest BCUT2D eigenvalue weighted by molar-refractivity contribution is 5.79. The summed E-state index contributed by atoms with van der Waals surface area (Å²) in [5.74, 6) is 1.67. The second kappa shape index (κ2) is 8.72. The van der Waals surface area contributed by atoms with E-state index in [4.69, 9.17) is 9.15 Å². The molecule has 0 radical (unpaired) electrons. The van der Waals surface area contributed by atoms with Crippen molar-refractivity contribution < 1.29 is 9.15 Å². The summed E-state index contributed by atoms with van der Waals surface area (Å²) in [6, 6.07) is 18.4. The van der Waals surface area contributed by atoms with E-state index in [-0.39, 0.29) is 6.54 Å². The maximum atomic E-state index is 13.7. The summed E-state index contributed by atoms with van der Waals surface area (Å²) < 4.78 is 13.8. The van der Waals surface area contributed by atoms with Crippen LogP contribution in [0.4, 0.5) is 0 Å². The van der Waals surface area contributed by atoms with Crippen molar-refractivity contribution in [1.29, 1.82) is 0 Å². The Morgan fingerprint density at radius 3 is 2.34 bits per heavy atom. The van der Waals surface area contributed by atoms with Gasteiger partial charge in [-0.05, 0) is 68.8 Å². The first-order valence-corrected chi connectivity index (χ1v) is 11.2. The molecule has 0 aliphatic rings. The molecule has 3 aromatic heterocycles. The summed E-state index contributed by atoms with van der Waals surface area (Å²) >= 11 is 0. The molecule has 0 aliphatic heterocycles. The number of methoxy groups -OCH3 is 1. The summed E-state index contributed by atoms with van der Waals surface area (Å²) in [5, 5.41) is 0.399. The van der Waals surface area contributed by atoms with Gasteiger partial charge < -0.3 is 9.15 Å². The van der Waals surface area contributed by atoms with Crippen molar-refractivity contribution in [2.45, 2.75) is 27.3 Å². The molecule has 0 aliphatic carbocycles. The molecule has 0 amide bonds. The lowest BCUT2D eigenvalue weighted by Crippen LogP contribution is -2.40. The third kappa shape index (κ3) is 3.93. The lowest BCUT2D eigenvalue weighted by molar-refractivity contribution is 0.415. The lowest BCUT2D eigenvalue weighted by atomic mass is 10.1. The zero-order valence-corrected chi connectivity index (χ0v) is 19.9. The quantitative estimate of drug-likeness (QED) is 0.384. The van der Waals surface area contributed by atoms with Crippen molar-refractivity contribution in [1.82, 2.24) is 19.1 Å². The molecule has 0 spiro atoms. The maximum absolute atomic E-state index is 13.7. The van der Waals surface area contributed by atoms with Gasteiger partial charge in [0.1, 0.15) is 17.2 Å². The molecule has 5 rings (SSSR count). The average molecular weight is 469 g/mol. The van der Waals surface area contributed by atoms with Gasteiger partial charge in [0.25, 0.3) is 5.56 Å². The molecule has 3 heterocycles. The van der Waals surface area contributed by atoms with Gasteiger partial charge >= 0.3 is 5.69 Å². The highest BCUT2D eigenvalue weighted by Crippen LogP contribution is 2.24. The molecule has 0 atom stereocenters. The van der Waals surface area contributed by atoms with Crippen molar-refractivity contribution in [2.75, 3.05) is 7.11 Å². The van der Waals surface area contributed by atoms with Crippen LogP contribution in [0.25, 0.3) is 28.2 Å². The molecule has 176 valence electrons. The van der Waals surface area contributed by atoms with Crippen LogP contribution in [-0.4, -0.2) is 26.2 Å². The molecule has 0 bridgehead atoms. The van der Waals surface area contributed by atoms with Crippen molar-refractivity contribution in [2.24, 2.45) is 0 Å². The first-order chi connectivity index (χ1) is 16.9. The van der Waals surface area contributed by atoms with Crippen molar-refractivity contribution in [3.63, 3.8) is 0 Å². The summed E-state index contributed by atoms with van der Waals surface area (Å²) in [5.41, 5.74) is 2.84. The number of benzene rings is 2. The number of para-hydroxylation sites is 1. The van der Waals surface area contributed by atoms with E-state index >= 15 is 0 Å². The number of hydrogen-bond acceptors (Lipinski definition) is 6. The van der Waals surface area contributed by atoms with Crippen LogP contribution in [0, 0.1) is 20.8 Å². The highest BCUT2D eigenvalue weighted by atomic mass is 16.5. The van der Waals surface area contributed by atoms with E-state index in [1.165, 1.54) is 9.13 Å². The minimum absolute atomic E-state index is 0.0285. The van der Waals surface area contributed by atoms with Gasteiger partial charge in [0, 0.05) is 11.3 Å². The monoisotopic (exact) mass is 468 g/mol. The average Bonchev–Trinajstić information content (AvgIpc) is 3.22. The molecule has 35 heavy (non-hydrogen) atoms. The Bertz CT molecular complexity index is 1660. The molecule has 0 fully saturated rings. The Kier molecular flexibility index (Phi) is 5.56. The van der Waals surface area contributed by atoms with Gasteiger partial charge in [0.05, 0.1) is 24.7 Å². The first kappa shape index (κ1) is 22.3. The number of ether oxygens (including phenoxy) is 1. The fraction of sp³-hybridized carbons (Fsp3) is 0.185. The van der Waals surface area contributed by atoms with Gasteiger partial charge in [-0.25, -0.2) is 19.3 Å². The van der Waals surface area contributed by atoms with Crippen LogP contribution in [0.2, 0.25) is 0 Å². The molecule has 0 saturated carbocycles. The summed E-state index contributed by atoms with van der Waals surface area (Å²) in [7, 11) is 1.60. The Morgan fingerprint density at radius 1 is 0.943 bits per heavy atom. The first-order valence-electron chi connectivity index (χ1n) is 11.2. The van der Waals surface area contributed by atoms with E-state index in [9.17, 15) is 9.59 Å². The van der Waals surface area contributed by atoms with Crippen LogP contribution in [0.5, 0.6) is 5.75 Å². The van der Waals surface area contributed by atoms with Crippen molar-refractivity contribution in [3.05, 3.63) is 104 Å². The zero-order valence-electron chi connectivity index (χ0n) is 19.9. The largest absolute Gasteiger partial charge is 0.497 e. The van der Waals surface area contributed by atoms with E-state index in [2.05, 4.69) is 9.97 Å². The topological polar surface area (TPSA) is 92.2 Å². The summed E-state index contributed by atoms with van der Waals surface area (Å²) in [4.78, 5) is 36.4. The van der Waals surface area contributed by atoms with Crippen LogP contribution in [0.1, 0.15) is 22.7 Å². The molecule has 8 heteroatoms. The Morgan fingerprint density at radius 2 is 1.66 bits per heavy atom. The van der Waals surface area contributed by atoms with Gasteiger partial charge in [-0.15, -0.1) is 0 Å². The summed E-state index contributed by atoms with van der Waals surface area (Å²) in [6.07, 6.45) is 0. The van der Waals surface area contributed by atoms with Crippen LogP contribution in [0.15, 0.2) is 74.7 Å². The molecule has 0 unspecified atom stereocenters. The van der Waals surface area contributed by atoms with E-state index in [1.807, 2.05) is 74.5 Å². The molecule has 0 N–H and O–H groups in total. The minimum atomic E-state index is -0.486. The number of aromatic nitrogens is 4. The molecule has 8 nitrogen and oxygen atoms in total. The smallest absolute Gasteiger partial charge is 0.337 e. The number of nitrogens with zero attached hydrogens (tertiary/aromatic N) is 4. The molecular formula is C27H24N4O4. The lowest BCUT2D eigenvalue weighted by Gasteiger charge is -2.15. The fourth-order valence-electron chi connectivity index (χ4n) is 4.21. The second-order valence-electron chi connectivity index (χ2n) is 8.37. The van der Waals surface area contributed by atoms with Gasteiger partial charge in [-0.3, -0.25) is 9.36 Å². The van der Waals surface area contributed by atoms with Gasteiger partial charge in [-0.1, -0.05) is 18.2 Å². The number of hydrogen-bond donors (Lipinski definition) is 0. The molecule has 5 aromatic rings. The number of fused-ring (bicyclic) bond motifs is 1. The minimum Gasteiger partial charge on any atom is -0.497 e. The molecular weight excluding hydrogens is 444 g/mol. The van der Waals surface area contributed by atoms with Gasteiger partial charge in [-0.2, -0.15) is 0 Å². The third-order valence-electron chi connectivity index (χ3n) is 5.97. The Hall–Kier alpha value is -4.46. The van der Waals surface area contributed by atoms with E-state index < -0.39 is 11.2 Å². The van der Waals surface area contributed by atoms with Crippen LogP contribution >= 0.6 is 0 Å². The standard InChI is InChI=1S/C27H24N4O4/c1-16-14-17(2)28-24-23(16)26(32)30(27(33)31(24)20-8-6-5-7-9-20)15-22-18(3)35-25(29-22)19-10-12-21(34-4)13-11-19/h5-14H,15H2,1-4H3. The van der Waals surface area contributed by atoms with Gasteiger partial charge in [0.15, 0.2) is 5.65 Å². The number of rotatable bonds is 5. The normalized spacial score (nSPS) is 11.2. The van der Waals surface area contributed by atoms with Crippen molar-refractivity contribution >= 4 is 11.0 Å². The maximum Gasteiger partial charge on any atom is 0.337 e. The number of pyridine rings is 1. The van der Waals surface area contributed by atoms with E-state index in [0.29, 0.717) is 34.1 Å². The van der Waals surface area contributed by atoms with Crippen LogP contribution < -0.4 is 16.0 Å². The zero-order chi connectivity index (χ0) is 24.7. The van der Waals surface area contributed by atoms with Crippen molar-refractivity contribution in [3.8, 4) is 22.9 Å². The SMILES string of the molecule is COc1ccc(-c2nc(Cn3c(=O)c4c(C)cc(C)nc4n(-c4ccccc4)c3=O)c(C)o2)cc1. The van der Waals surface area contributed by atoms with Gasteiger partial charge in [0.2, 0.25) is 5.89 Å². The summed E-state index contributed by atoms with van der Waals surface area (Å²) in [6.45, 7) is 5.44. The Labute approximate surface area is 201 Å². The number of oxazole rings is 1. The number of aryl methyl sites for hydroxylation is 3. The predicted molar refractivity (Wildman–Crippen MR) is 133 cm³/mol. The Balaban J connectivity index is 1.69. The van der Waals surface area contributed by atoms with Crippen LogP contribution in [0.3, 0.4) is 0 Å². The highest BCUT2D eigenvalue weighted by Gasteiger charge is 2.20. The second-order valence-corrected chi connectivity index (χ2v) is 8.37. The third-order valence-corrected chi connectivity index (χ3v) is 5.97.